The molecule has 2 aromatic heterocycles. The van der Waals surface area contributed by atoms with Crippen molar-refractivity contribution in [1.29, 1.82) is 0 Å². The molecule has 1 saturated heterocycles. The van der Waals surface area contributed by atoms with Crippen molar-refractivity contribution in [2.75, 3.05) is 30.6 Å². The van der Waals surface area contributed by atoms with E-state index in [-0.39, 0.29) is 0 Å². The van der Waals surface area contributed by atoms with Crippen molar-refractivity contribution in [3.05, 3.63) is 60.9 Å². The van der Waals surface area contributed by atoms with Crippen LogP contribution in [0, 0.1) is 0 Å². The molecule has 0 atom stereocenters. The highest BCUT2D eigenvalue weighted by Crippen LogP contribution is 2.45. The van der Waals surface area contributed by atoms with Crippen LogP contribution in [0.25, 0.3) is 33.6 Å². The lowest BCUT2D eigenvalue weighted by Crippen LogP contribution is -2.25. The van der Waals surface area contributed by atoms with E-state index in [2.05, 4.69) is 34.0 Å². The number of nitrogens with zero attached hydrogens (tertiary/aromatic N) is 3. The number of hydrogen-bond donors (Lipinski definition) is 0. The lowest BCUT2D eigenvalue weighted by Gasteiger charge is -2.24. The van der Waals surface area contributed by atoms with Gasteiger partial charge in [0.15, 0.2) is 0 Å². The van der Waals surface area contributed by atoms with Crippen LogP contribution in [0.15, 0.2) is 65.3 Å². The number of benzene rings is 2. The Kier molecular flexibility index (Phi) is 5.31. The fourth-order valence-corrected chi connectivity index (χ4v) is 6.46. The van der Waals surface area contributed by atoms with Gasteiger partial charge in [0.05, 0.1) is 12.5 Å². The molecule has 0 amide bonds. The maximum atomic E-state index is 6.33. The van der Waals surface area contributed by atoms with E-state index < -0.39 is 0 Å². The molecule has 1 aliphatic heterocycles. The Hall–Kier alpha value is -2.64. The van der Waals surface area contributed by atoms with Crippen molar-refractivity contribution in [2.45, 2.75) is 4.71 Å². The van der Waals surface area contributed by atoms with Crippen molar-refractivity contribution in [1.82, 2.24) is 9.97 Å². The normalized spacial score (nSPS) is 14.3. The Labute approximate surface area is 183 Å². The molecule has 4 aromatic rings. The third-order valence-electron chi connectivity index (χ3n) is 5.14. The molecule has 3 heterocycles. The molecular formula is C23H21N3O2S2. The van der Waals surface area contributed by atoms with Crippen LogP contribution in [-0.2, 0) is 0 Å². The van der Waals surface area contributed by atoms with E-state index >= 15 is 0 Å². The molecule has 0 N–H and O–H groups in total. The van der Waals surface area contributed by atoms with Crippen LogP contribution in [-0.4, -0.2) is 40.3 Å². The van der Waals surface area contributed by atoms with Crippen molar-refractivity contribution in [3.8, 4) is 28.2 Å². The van der Waals surface area contributed by atoms with E-state index in [9.17, 15) is 0 Å². The maximum absolute atomic E-state index is 6.33. The minimum atomic E-state index is 0.339. The molecule has 5 rings (SSSR count). The summed E-state index contributed by atoms with van der Waals surface area (Å²) in [5, 5.41) is 0.949. The number of anilines is 1. The highest BCUT2D eigenvalue weighted by Gasteiger charge is 2.28. The van der Waals surface area contributed by atoms with Crippen molar-refractivity contribution >= 4 is 40.4 Å². The summed E-state index contributed by atoms with van der Waals surface area (Å²) >= 11 is 3.89. The number of ether oxygens (including phenoxy) is 1. The first-order valence-corrected chi connectivity index (χ1v) is 11.8. The van der Waals surface area contributed by atoms with Gasteiger partial charge < -0.3 is 14.1 Å². The van der Waals surface area contributed by atoms with Gasteiger partial charge in [-0.15, -0.1) is 23.5 Å². The molecule has 2 aromatic carbocycles. The van der Waals surface area contributed by atoms with E-state index in [0.717, 1.165) is 50.9 Å². The van der Waals surface area contributed by atoms with Gasteiger partial charge in [0, 0.05) is 29.7 Å². The summed E-state index contributed by atoms with van der Waals surface area (Å²) < 4.78 is 12.0. The summed E-state index contributed by atoms with van der Waals surface area (Å²) in [6.07, 6.45) is 1.59. The van der Waals surface area contributed by atoms with Gasteiger partial charge in [0.1, 0.15) is 28.4 Å². The van der Waals surface area contributed by atoms with Crippen molar-refractivity contribution < 1.29 is 9.15 Å². The highest BCUT2D eigenvalue weighted by atomic mass is 32.2. The number of hydrogen-bond acceptors (Lipinski definition) is 7. The first-order chi connectivity index (χ1) is 14.8. The summed E-state index contributed by atoms with van der Waals surface area (Å²) in [5.41, 5.74) is 3.68. The van der Waals surface area contributed by atoms with E-state index in [4.69, 9.17) is 9.15 Å². The van der Waals surface area contributed by atoms with Gasteiger partial charge in [-0.05, 0) is 29.8 Å². The van der Waals surface area contributed by atoms with Crippen LogP contribution >= 0.6 is 23.5 Å². The Balaban J connectivity index is 1.75. The molecule has 1 fully saturated rings. The SMILES string of the molecule is COc1ccc(-c2oc3ncnc(N(C)C4SCCS4)c3c2-c2ccccc2)cc1. The summed E-state index contributed by atoms with van der Waals surface area (Å²) in [7, 11) is 3.77. The summed E-state index contributed by atoms with van der Waals surface area (Å²) in [5.74, 6) is 4.81. The smallest absolute Gasteiger partial charge is 0.232 e. The van der Waals surface area contributed by atoms with Gasteiger partial charge in [-0.2, -0.15) is 0 Å². The average molecular weight is 436 g/mol. The molecule has 0 aliphatic carbocycles. The highest BCUT2D eigenvalue weighted by molar-refractivity contribution is 8.20. The lowest BCUT2D eigenvalue weighted by molar-refractivity contribution is 0.415. The number of thioether (sulfide) groups is 2. The standard InChI is InChI=1S/C23H21N3O2S2/c1-26(23-29-12-13-30-23)21-19-18(15-6-4-3-5-7-15)20(28-22(19)25-14-24-21)16-8-10-17(27-2)11-9-16/h3-11,14,23H,12-13H2,1-2H3. The first kappa shape index (κ1) is 19.3. The minimum absolute atomic E-state index is 0.339. The lowest BCUT2D eigenvalue weighted by atomic mass is 9.99. The zero-order valence-corrected chi connectivity index (χ0v) is 18.4. The van der Waals surface area contributed by atoms with Crippen LogP contribution in [0.3, 0.4) is 0 Å². The fourth-order valence-electron chi connectivity index (χ4n) is 3.68. The molecule has 7 heteroatoms. The molecular weight excluding hydrogens is 414 g/mol. The monoisotopic (exact) mass is 435 g/mol. The summed E-state index contributed by atoms with van der Waals surface area (Å²) in [6, 6.07) is 18.2. The predicted molar refractivity (Wildman–Crippen MR) is 126 cm³/mol. The Morgan fingerprint density at radius 2 is 1.70 bits per heavy atom. The second-order valence-corrected chi connectivity index (χ2v) is 9.61. The zero-order chi connectivity index (χ0) is 20.5. The van der Waals surface area contributed by atoms with Crippen LogP contribution in [0.4, 0.5) is 5.82 Å². The van der Waals surface area contributed by atoms with E-state index in [0.29, 0.717) is 10.4 Å². The van der Waals surface area contributed by atoms with Gasteiger partial charge >= 0.3 is 0 Å². The van der Waals surface area contributed by atoms with Gasteiger partial charge in [-0.1, -0.05) is 30.3 Å². The maximum Gasteiger partial charge on any atom is 0.232 e. The largest absolute Gasteiger partial charge is 0.497 e. The van der Waals surface area contributed by atoms with E-state index in [1.807, 2.05) is 66.0 Å². The first-order valence-electron chi connectivity index (χ1n) is 9.69. The summed E-state index contributed by atoms with van der Waals surface area (Å²) in [4.78, 5) is 11.4. The van der Waals surface area contributed by atoms with Gasteiger partial charge in [-0.25, -0.2) is 9.97 Å². The molecule has 0 spiro atoms. The minimum Gasteiger partial charge on any atom is -0.497 e. The summed E-state index contributed by atoms with van der Waals surface area (Å²) in [6.45, 7) is 0. The van der Waals surface area contributed by atoms with Crippen molar-refractivity contribution in [2.24, 2.45) is 0 Å². The molecule has 0 saturated carbocycles. The topological polar surface area (TPSA) is 51.4 Å². The Morgan fingerprint density at radius 1 is 0.967 bits per heavy atom. The predicted octanol–water partition coefficient (Wildman–Crippen LogP) is 5.77. The molecule has 0 bridgehead atoms. The van der Waals surface area contributed by atoms with E-state index in [1.54, 1.807) is 13.4 Å². The number of furan rings is 1. The molecule has 0 radical (unpaired) electrons. The number of aromatic nitrogens is 2. The third kappa shape index (κ3) is 3.42. The Bertz CT molecular complexity index is 1160. The second kappa shape index (κ2) is 8.24. The van der Waals surface area contributed by atoms with Crippen LogP contribution in [0.1, 0.15) is 0 Å². The average Bonchev–Trinajstić information content (AvgIpc) is 3.47. The Morgan fingerprint density at radius 3 is 2.40 bits per heavy atom. The van der Waals surface area contributed by atoms with Crippen molar-refractivity contribution in [3.63, 3.8) is 0 Å². The fraction of sp³-hybridized carbons (Fsp3) is 0.217. The number of methoxy groups -OCH3 is 1. The molecule has 1 aliphatic rings. The van der Waals surface area contributed by atoms with Gasteiger partial charge in [0.25, 0.3) is 0 Å². The second-order valence-electron chi connectivity index (χ2n) is 6.94. The zero-order valence-electron chi connectivity index (χ0n) is 16.7. The van der Waals surface area contributed by atoms with Crippen LogP contribution < -0.4 is 9.64 Å². The van der Waals surface area contributed by atoms with Crippen LogP contribution in [0.5, 0.6) is 5.75 Å². The molecule has 0 unspecified atom stereocenters. The van der Waals surface area contributed by atoms with Crippen LogP contribution in [0.2, 0.25) is 0 Å². The molecule has 30 heavy (non-hydrogen) atoms. The van der Waals surface area contributed by atoms with Gasteiger partial charge in [0.2, 0.25) is 5.71 Å². The number of rotatable bonds is 5. The quantitative estimate of drug-likeness (QED) is 0.395. The third-order valence-corrected chi connectivity index (χ3v) is 8.29. The number of fused-ring (bicyclic) bond motifs is 1. The molecule has 152 valence electrons. The van der Waals surface area contributed by atoms with E-state index in [1.165, 1.54) is 0 Å². The van der Waals surface area contributed by atoms with Gasteiger partial charge in [-0.3, -0.25) is 0 Å². The molecule has 5 nitrogen and oxygen atoms in total.